The van der Waals surface area contributed by atoms with Gasteiger partial charge in [0.15, 0.2) is 10.8 Å². The number of amides is 1. The summed E-state index contributed by atoms with van der Waals surface area (Å²) in [6.45, 7) is 1.87. The van der Waals surface area contributed by atoms with Crippen molar-refractivity contribution >= 4 is 17.2 Å². The Labute approximate surface area is 143 Å². The molecule has 1 amide bonds. The van der Waals surface area contributed by atoms with Crippen molar-refractivity contribution in [2.24, 2.45) is 0 Å². The fourth-order valence-electron chi connectivity index (χ4n) is 3.03. The fraction of sp³-hybridized carbons (Fsp3) is 0.222. The van der Waals surface area contributed by atoms with E-state index < -0.39 is 0 Å². The van der Waals surface area contributed by atoms with E-state index in [4.69, 9.17) is 4.42 Å². The largest absolute Gasteiger partial charge is 0.508 e. The number of rotatable bonds is 3. The van der Waals surface area contributed by atoms with Crippen molar-refractivity contribution in [1.82, 2.24) is 10.3 Å². The third-order valence-electron chi connectivity index (χ3n) is 4.19. The third kappa shape index (κ3) is 2.69. The molecule has 2 aromatic heterocycles. The van der Waals surface area contributed by atoms with Gasteiger partial charge in [0.25, 0.3) is 5.91 Å². The molecule has 0 aliphatic heterocycles. The summed E-state index contributed by atoms with van der Waals surface area (Å²) in [4.78, 5) is 16.8. The summed E-state index contributed by atoms with van der Waals surface area (Å²) in [5, 5.41) is 15.3. The quantitative estimate of drug-likeness (QED) is 0.767. The molecule has 0 radical (unpaired) electrons. The molecule has 3 aromatic rings. The molecule has 5 nitrogen and oxygen atoms in total. The van der Waals surface area contributed by atoms with Crippen LogP contribution in [0.1, 0.15) is 27.4 Å². The van der Waals surface area contributed by atoms with Crippen molar-refractivity contribution in [3.05, 3.63) is 58.3 Å². The smallest absolute Gasteiger partial charge is 0.271 e. The summed E-state index contributed by atoms with van der Waals surface area (Å²) in [5.41, 5.74) is 2.40. The van der Waals surface area contributed by atoms with Gasteiger partial charge in [0, 0.05) is 11.4 Å². The minimum absolute atomic E-state index is 0.0168. The molecule has 1 atom stereocenters. The normalized spacial score (nSPS) is 16.1. The van der Waals surface area contributed by atoms with Gasteiger partial charge in [0.2, 0.25) is 0 Å². The summed E-state index contributed by atoms with van der Waals surface area (Å²) in [6.07, 6.45) is 1.37. The number of nitrogens with zero attached hydrogens (tertiary/aromatic N) is 1. The summed E-state index contributed by atoms with van der Waals surface area (Å²) >= 11 is 1.39. The number of aryl methyl sites for hydroxylation is 1. The van der Waals surface area contributed by atoms with E-state index in [9.17, 15) is 9.90 Å². The molecule has 0 spiro atoms. The zero-order valence-electron chi connectivity index (χ0n) is 13.1. The SMILES string of the molecule is Cc1ccc(-c2nc(C(=O)N[C@@H]3Cc4cccc(O)c4C3)cs2)o1. The predicted octanol–water partition coefficient (Wildman–Crippen LogP) is 3.31. The van der Waals surface area contributed by atoms with E-state index in [0.717, 1.165) is 23.3 Å². The number of phenolic OH excluding ortho intramolecular Hbond substituents is 1. The first kappa shape index (κ1) is 15.0. The van der Waals surface area contributed by atoms with Crippen LogP contribution in [0.15, 0.2) is 40.1 Å². The van der Waals surface area contributed by atoms with Crippen LogP contribution in [-0.2, 0) is 12.8 Å². The topological polar surface area (TPSA) is 75.4 Å². The van der Waals surface area contributed by atoms with Gasteiger partial charge in [-0.3, -0.25) is 4.79 Å². The van der Waals surface area contributed by atoms with Gasteiger partial charge in [0.05, 0.1) is 0 Å². The Balaban J connectivity index is 1.46. The van der Waals surface area contributed by atoms with Gasteiger partial charge in [-0.25, -0.2) is 4.98 Å². The number of aromatic hydroxyl groups is 1. The molecule has 1 aromatic carbocycles. The summed E-state index contributed by atoms with van der Waals surface area (Å²) in [5.74, 6) is 1.59. The van der Waals surface area contributed by atoms with Crippen LogP contribution in [0.3, 0.4) is 0 Å². The molecule has 2 N–H and O–H groups in total. The van der Waals surface area contributed by atoms with Crippen molar-refractivity contribution in [2.75, 3.05) is 0 Å². The highest BCUT2D eigenvalue weighted by atomic mass is 32.1. The zero-order valence-corrected chi connectivity index (χ0v) is 13.9. The van der Waals surface area contributed by atoms with E-state index >= 15 is 0 Å². The summed E-state index contributed by atoms with van der Waals surface area (Å²) in [7, 11) is 0. The molecular formula is C18H16N2O3S. The van der Waals surface area contributed by atoms with E-state index in [1.54, 1.807) is 11.4 Å². The van der Waals surface area contributed by atoms with Crippen molar-refractivity contribution in [3.63, 3.8) is 0 Å². The van der Waals surface area contributed by atoms with Crippen LogP contribution in [0.25, 0.3) is 10.8 Å². The average molecular weight is 340 g/mol. The lowest BCUT2D eigenvalue weighted by molar-refractivity contribution is 0.0934. The first-order chi connectivity index (χ1) is 11.6. The number of benzene rings is 1. The second-order valence-corrected chi connectivity index (χ2v) is 6.80. The average Bonchev–Trinajstić information content (AvgIpc) is 3.25. The van der Waals surface area contributed by atoms with Crippen molar-refractivity contribution in [2.45, 2.75) is 25.8 Å². The monoisotopic (exact) mass is 340 g/mol. The Morgan fingerprint density at radius 2 is 2.21 bits per heavy atom. The highest BCUT2D eigenvalue weighted by molar-refractivity contribution is 7.13. The maximum absolute atomic E-state index is 12.4. The number of furan rings is 1. The zero-order chi connectivity index (χ0) is 16.7. The fourth-order valence-corrected chi connectivity index (χ4v) is 3.79. The maximum Gasteiger partial charge on any atom is 0.271 e. The van der Waals surface area contributed by atoms with Crippen LogP contribution in [0.5, 0.6) is 5.75 Å². The number of phenols is 1. The van der Waals surface area contributed by atoms with Crippen LogP contribution < -0.4 is 5.32 Å². The van der Waals surface area contributed by atoms with Gasteiger partial charge >= 0.3 is 0 Å². The second kappa shape index (κ2) is 5.79. The molecule has 4 rings (SSSR count). The molecule has 0 saturated heterocycles. The second-order valence-electron chi connectivity index (χ2n) is 5.94. The minimum atomic E-state index is -0.196. The summed E-state index contributed by atoms with van der Waals surface area (Å²) < 4.78 is 5.54. The first-order valence-electron chi connectivity index (χ1n) is 7.73. The lowest BCUT2D eigenvalue weighted by Crippen LogP contribution is -2.35. The minimum Gasteiger partial charge on any atom is -0.508 e. The standard InChI is InChI=1S/C18H16N2O3S/c1-10-5-6-16(23-10)18-20-14(9-24-18)17(22)19-12-7-11-3-2-4-15(21)13(11)8-12/h2-6,9,12,21H,7-8H2,1H3,(H,19,22)/t12-/m1/s1. The Bertz CT molecular complexity index is 913. The molecule has 1 aliphatic carbocycles. The molecule has 1 aliphatic rings. The molecule has 2 heterocycles. The molecule has 6 heteroatoms. The molecule has 0 fully saturated rings. The van der Waals surface area contributed by atoms with Crippen LogP contribution >= 0.6 is 11.3 Å². The highest BCUT2D eigenvalue weighted by Crippen LogP contribution is 2.30. The molecule has 0 unspecified atom stereocenters. The number of hydrogen-bond donors (Lipinski definition) is 2. The number of carbonyl (C=O) groups excluding carboxylic acids is 1. The number of thiazole rings is 1. The van der Waals surface area contributed by atoms with Gasteiger partial charge in [-0.15, -0.1) is 11.3 Å². The van der Waals surface area contributed by atoms with Crippen LogP contribution in [0.2, 0.25) is 0 Å². The number of fused-ring (bicyclic) bond motifs is 1. The molecule has 24 heavy (non-hydrogen) atoms. The van der Waals surface area contributed by atoms with Gasteiger partial charge < -0.3 is 14.8 Å². The Kier molecular flexibility index (Phi) is 3.61. The van der Waals surface area contributed by atoms with Gasteiger partial charge in [0.1, 0.15) is 17.2 Å². The molecule has 0 saturated carbocycles. The van der Waals surface area contributed by atoms with E-state index in [0.29, 0.717) is 28.6 Å². The predicted molar refractivity (Wildman–Crippen MR) is 91.3 cm³/mol. The van der Waals surface area contributed by atoms with Gasteiger partial charge in [-0.2, -0.15) is 0 Å². The Hall–Kier alpha value is -2.60. The lowest BCUT2D eigenvalue weighted by atomic mass is 10.1. The van der Waals surface area contributed by atoms with Crippen molar-refractivity contribution in [3.8, 4) is 16.5 Å². The number of aromatic nitrogens is 1. The Morgan fingerprint density at radius 3 is 2.96 bits per heavy atom. The van der Waals surface area contributed by atoms with Gasteiger partial charge in [-0.1, -0.05) is 12.1 Å². The summed E-state index contributed by atoms with van der Waals surface area (Å²) in [6, 6.07) is 9.21. The van der Waals surface area contributed by atoms with Crippen LogP contribution in [0, 0.1) is 6.92 Å². The van der Waals surface area contributed by atoms with E-state index in [1.807, 2.05) is 31.2 Å². The van der Waals surface area contributed by atoms with Crippen molar-refractivity contribution in [1.29, 1.82) is 0 Å². The molecule has 122 valence electrons. The van der Waals surface area contributed by atoms with Crippen molar-refractivity contribution < 1.29 is 14.3 Å². The van der Waals surface area contributed by atoms with E-state index in [2.05, 4.69) is 10.3 Å². The first-order valence-corrected chi connectivity index (χ1v) is 8.61. The van der Waals surface area contributed by atoms with E-state index in [1.165, 1.54) is 11.3 Å². The van der Waals surface area contributed by atoms with Gasteiger partial charge in [-0.05, 0) is 49.1 Å². The lowest BCUT2D eigenvalue weighted by Gasteiger charge is -2.10. The maximum atomic E-state index is 12.4. The highest BCUT2D eigenvalue weighted by Gasteiger charge is 2.26. The number of nitrogens with one attached hydrogen (secondary N) is 1. The van der Waals surface area contributed by atoms with Crippen LogP contribution in [-0.4, -0.2) is 22.0 Å². The Morgan fingerprint density at radius 1 is 1.33 bits per heavy atom. The number of carbonyl (C=O) groups is 1. The molecule has 0 bridgehead atoms. The molecular weight excluding hydrogens is 324 g/mol. The number of hydrogen-bond acceptors (Lipinski definition) is 5. The van der Waals surface area contributed by atoms with Crippen LogP contribution in [0.4, 0.5) is 0 Å². The van der Waals surface area contributed by atoms with E-state index in [-0.39, 0.29) is 11.9 Å². The third-order valence-corrected chi connectivity index (χ3v) is 5.05.